The lowest BCUT2D eigenvalue weighted by atomic mass is 10.2. The first-order valence-electron chi connectivity index (χ1n) is 10.9. The lowest BCUT2D eigenvalue weighted by molar-refractivity contribution is 0.0819. The summed E-state index contributed by atoms with van der Waals surface area (Å²) in [6.07, 6.45) is -0.0453. The van der Waals surface area contributed by atoms with Crippen LogP contribution in [0.25, 0.3) is 0 Å². The third kappa shape index (κ3) is 7.15. The van der Waals surface area contributed by atoms with E-state index in [0.29, 0.717) is 28.7 Å². The van der Waals surface area contributed by atoms with E-state index in [1.807, 2.05) is 68.4 Å². The lowest BCUT2D eigenvalue weighted by Gasteiger charge is -2.23. The highest BCUT2D eigenvalue weighted by molar-refractivity contribution is 6.32. The highest BCUT2D eigenvalue weighted by atomic mass is 35.5. The molecule has 0 radical (unpaired) electrons. The lowest BCUT2D eigenvalue weighted by Crippen LogP contribution is -2.49. The topological polar surface area (TPSA) is 79.9 Å². The second kappa shape index (κ2) is 12.0. The number of carbonyl (C=O) groups excluding carboxylic acids is 2. The van der Waals surface area contributed by atoms with Crippen molar-refractivity contribution in [3.8, 4) is 11.5 Å². The molecule has 178 valence electrons. The molecule has 0 saturated carbocycles. The van der Waals surface area contributed by atoms with Crippen LogP contribution in [0.3, 0.4) is 0 Å². The summed E-state index contributed by atoms with van der Waals surface area (Å²) in [5.41, 5.74) is 4.83. The molecule has 0 aliphatic heterocycles. The Kier molecular flexibility index (Phi) is 8.76. The summed E-state index contributed by atoms with van der Waals surface area (Å²) in [7, 11) is 1.50. The van der Waals surface area contributed by atoms with Gasteiger partial charge < -0.3 is 14.8 Å². The number of rotatable bonds is 8. The number of hydrazine groups is 1. The summed E-state index contributed by atoms with van der Waals surface area (Å²) in [4.78, 5) is 25.2. The van der Waals surface area contributed by atoms with Gasteiger partial charge in [-0.05, 0) is 55.3 Å². The fraction of sp³-hybridized carbons (Fsp3) is 0.231. The maximum atomic E-state index is 12.8. The quantitative estimate of drug-likeness (QED) is 0.434. The number of nitrogens with one attached hydrogen (secondary N) is 2. The van der Waals surface area contributed by atoms with Crippen LogP contribution in [0, 0.1) is 0 Å². The number of urea groups is 1. The second-order valence-corrected chi connectivity index (χ2v) is 8.22. The van der Waals surface area contributed by atoms with Crippen LogP contribution < -0.4 is 20.2 Å². The number of nitrogens with zero attached hydrogens (tertiary/aromatic N) is 1. The van der Waals surface area contributed by atoms with Crippen LogP contribution >= 0.6 is 11.6 Å². The Morgan fingerprint density at radius 2 is 1.68 bits per heavy atom. The van der Waals surface area contributed by atoms with Crippen LogP contribution in [-0.2, 0) is 13.2 Å². The molecule has 0 unspecified atom stereocenters. The van der Waals surface area contributed by atoms with Crippen molar-refractivity contribution in [3.63, 3.8) is 0 Å². The van der Waals surface area contributed by atoms with Gasteiger partial charge in [0, 0.05) is 12.6 Å². The van der Waals surface area contributed by atoms with Crippen molar-refractivity contribution in [2.24, 2.45) is 0 Å². The summed E-state index contributed by atoms with van der Waals surface area (Å²) < 4.78 is 11.4. The van der Waals surface area contributed by atoms with Gasteiger partial charge in [0.25, 0.3) is 5.91 Å². The first-order valence-corrected chi connectivity index (χ1v) is 11.3. The highest BCUT2D eigenvalue weighted by Gasteiger charge is 2.18. The minimum atomic E-state index is -0.468. The number of ether oxygens (including phenoxy) is 2. The zero-order chi connectivity index (χ0) is 24.5. The largest absolute Gasteiger partial charge is 0.489 e. The van der Waals surface area contributed by atoms with Gasteiger partial charge >= 0.3 is 6.03 Å². The molecule has 0 spiro atoms. The number of hydrogen-bond acceptors (Lipinski definition) is 4. The summed E-state index contributed by atoms with van der Waals surface area (Å²) >= 11 is 6.24. The van der Waals surface area contributed by atoms with Crippen molar-refractivity contribution in [3.05, 3.63) is 94.5 Å². The molecule has 0 heterocycles. The van der Waals surface area contributed by atoms with E-state index < -0.39 is 11.9 Å². The maximum absolute atomic E-state index is 12.8. The molecule has 0 atom stereocenters. The zero-order valence-corrected chi connectivity index (χ0v) is 20.1. The summed E-state index contributed by atoms with van der Waals surface area (Å²) in [6, 6.07) is 21.5. The van der Waals surface area contributed by atoms with E-state index in [9.17, 15) is 9.59 Å². The van der Waals surface area contributed by atoms with E-state index >= 15 is 0 Å². The molecule has 8 heteroatoms. The third-order valence-electron chi connectivity index (χ3n) is 4.76. The van der Waals surface area contributed by atoms with Gasteiger partial charge in [0.15, 0.2) is 0 Å². The molecule has 0 fully saturated rings. The summed E-state index contributed by atoms with van der Waals surface area (Å²) in [5.74, 6) is 0.733. The average Bonchev–Trinajstić information content (AvgIpc) is 2.84. The predicted molar refractivity (Wildman–Crippen MR) is 132 cm³/mol. The average molecular weight is 482 g/mol. The minimum Gasteiger partial charge on any atom is -0.489 e. The standard InChI is InChI=1S/C26H28ClN3O4/c1-18(2)34-24-14-11-21(15-23(24)27)25(31)29-30(26(32)28-3)16-19-9-12-22(13-10-19)33-17-20-7-5-4-6-8-20/h4-15,18H,16-17H2,1-3H3,(H,28,32)(H,29,31). The van der Waals surface area contributed by atoms with Crippen LogP contribution in [0.4, 0.5) is 4.79 Å². The maximum Gasteiger partial charge on any atom is 0.336 e. The Morgan fingerprint density at radius 3 is 2.29 bits per heavy atom. The number of halogens is 1. The molecular weight excluding hydrogens is 454 g/mol. The Hall–Kier alpha value is -3.71. The van der Waals surface area contributed by atoms with Crippen molar-refractivity contribution in [1.29, 1.82) is 0 Å². The summed E-state index contributed by atoms with van der Waals surface area (Å²) in [6.45, 7) is 4.40. The summed E-state index contributed by atoms with van der Waals surface area (Å²) in [5, 5.41) is 4.06. The number of benzene rings is 3. The smallest absolute Gasteiger partial charge is 0.336 e. The van der Waals surface area contributed by atoms with Crippen LogP contribution in [0.15, 0.2) is 72.8 Å². The van der Waals surface area contributed by atoms with Gasteiger partial charge in [-0.1, -0.05) is 54.1 Å². The highest BCUT2D eigenvalue weighted by Crippen LogP contribution is 2.26. The van der Waals surface area contributed by atoms with Crippen LogP contribution in [-0.4, -0.2) is 30.1 Å². The first-order chi connectivity index (χ1) is 16.4. The van der Waals surface area contributed by atoms with Crippen molar-refractivity contribution in [2.45, 2.75) is 33.1 Å². The van der Waals surface area contributed by atoms with E-state index in [-0.39, 0.29) is 12.6 Å². The van der Waals surface area contributed by atoms with Crippen molar-refractivity contribution in [2.75, 3.05) is 7.05 Å². The van der Waals surface area contributed by atoms with E-state index in [1.54, 1.807) is 12.1 Å². The molecule has 2 N–H and O–H groups in total. The molecule has 0 bridgehead atoms. The fourth-order valence-electron chi connectivity index (χ4n) is 3.09. The fourth-order valence-corrected chi connectivity index (χ4v) is 3.32. The van der Waals surface area contributed by atoms with E-state index in [2.05, 4.69) is 10.7 Å². The number of carbonyl (C=O) groups is 2. The molecule has 0 aliphatic rings. The molecule has 3 amide bonds. The van der Waals surface area contributed by atoms with Gasteiger partial charge in [-0.15, -0.1) is 0 Å². The van der Waals surface area contributed by atoms with Crippen molar-refractivity contribution in [1.82, 2.24) is 15.8 Å². The predicted octanol–water partition coefficient (Wildman–Crippen LogP) is 5.19. The van der Waals surface area contributed by atoms with Gasteiger partial charge in [-0.3, -0.25) is 10.2 Å². The van der Waals surface area contributed by atoms with Crippen molar-refractivity contribution >= 4 is 23.5 Å². The molecule has 0 saturated heterocycles. The van der Waals surface area contributed by atoms with E-state index in [4.69, 9.17) is 21.1 Å². The third-order valence-corrected chi connectivity index (χ3v) is 5.06. The van der Waals surface area contributed by atoms with Crippen LogP contribution in [0.2, 0.25) is 5.02 Å². The minimum absolute atomic E-state index is 0.0453. The Labute approximate surface area is 204 Å². The van der Waals surface area contributed by atoms with E-state index in [0.717, 1.165) is 11.1 Å². The molecule has 3 rings (SSSR count). The first kappa shape index (κ1) is 24.9. The van der Waals surface area contributed by atoms with Gasteiger partial charge in [-0.2, -0.15) is 0 Å². The normalized spacial score (nSPS) is 10.5. The van der Waals surface area contributed by atoms with Gasteiger partial charge in [-0.25, -0.2) is 9.80 Å². The molecule has 0 aromatic heterocycles. The molecule has 34 heavy (non-hydrogen) atoms. The molecular formula is C26H28ClN3O4. The zero-order valence-electron chi connectivity index (χ0n) is 19.4. The molecule has 3 aromatic carbocycles. The van der Waals surface area contributed by atoms with Crippen molar-refractivity contribution < 1.29 is 19.1 Å². The Bertz CT molecular complexity index is 1100. The van der Waals surface area contributed by atoms with E-state index in [1.165, 1.54) is 18.1 Å². The van der Waals surface area contributed by atoms with Gasteiger partial charge in [0.1, 0.15) is 18.1 Å². The number of hydrogen-bond donors (Lipinski definition) is 2. The second-order valence-electron chi connectivity index (χ2n) is 7.81. The van der Waals surface area contributed by atoms with Crippen LogP contribution in [0.1, 0.15) is 35.3 Å². The SMILES string of the molecule is CNC(=O)N(Cc1ccc(OCc2ccccc2)cc1)NC(=O)c1ccc(OC(C)C)c(Cl)c1. The van der Waals surface area contributed by atoms with Gasteiger partial charge in [0.2, 0.25) is 0 Å². The monoisotopic (exact) mass is 481 g/mol. The Balaban J connectivity index is 1.64. The van der Waals surface area contributed by atoms with Crippen LogP contribution in [0.5, 0.6) is 11.5 Å². The molecule has 3 aromatic rings. The Morgan fingerprint density at radius 1 is 0.971 bits per heavy atom. The van der Waals surface area contributed by atoms with Gasteiger partial charge in [0.05, 0.1) is 17.7 Å². The molecule has 7 nitrogen and oxygen atoms in total. The molecule has 0 aliphatic carbocycles. The number of amides is 3.